The molecule has 2 rings (SSSR count). The van der Waals surface area contributed by atoms with E-state index in [0.717, 1.165) is 25.0 Å². The summed E-state index contributed by atoms with van der Waals surface area (Å²) in [5.74, 6) is -2.63. The van der Waals surface area contributed by atoms with Crippen LogP contribution in [0.4, 0.5) is 8.78 Å². The minimum Gasteiger partial charge on any atom is -0.462 e. The predicted octanol–water partition coefficient (Wildman–Crippen LogP) is 4.78. The highest BCUT2D eigenvalue weighted by molar-refractivity contribution is 5.94. The average molecular weight is 362 g/mol. The van der Waals surface area contributed by atoms with Crippen LogP contribution in [0.25, 0.3) is 0 Å². The van der Waals surface area contributed by atoms with Crippen molar-refractivity contribution in [1.29, 1.82) is 0 Å². The molecule has 0 aliphatic rings. The third kappa shape index (κ3) is 5.95. The first-order chi connectivity index (χ1) is 12.3. The van der Waals surface area contributed by atoms with E-state index in [4.69, 9.17) is 9.47 Å². The largest absolute Gasteiger partial charge is 0.462 e. The standard InChI is InChI=1S/C20H20F2O4/c1-13(2)4-3-9-25-19(23)14-5-7-15(8-6-14)20(24)26-18-11-16(21)10-17(22)12-18/h5-8,10-13H,3-4,9H2,1-2H3. The van der Waals surface area contributed by atoms with Crippen LogP contribution in [-0.2, 0) is 4.74 Å². The summed E-state index contributed by atoms with van der Waals surface area (Å²) in [5, 5.41) is 0. The molecule has 0 unspecified atom stereocenters. The molecule has 0 bridgehead atoms. The third-order valence-electron chi connectivity index (χ3n) is 3.56. The van der Waals surface area contributed by atoms with Crippen LogP contribution in [0.5, 0.6) is 5.75 Å². The van der Waals surface area contributed by atoms with Gasteiger partial charge >= 0.3 is 11.9 Å². The van der Waals surface area contributed by atoms with Crippen LogP contribution >= 0.6 is 0 Å². The van der Waals surface area contributed by atoms with Crippen molar-refractivity contribution in [2.45, 2.75) is 26.7 Å². The Morgan fingerprint density at radius 1 is 0.923 bits per heavy atom. The van der Waals surface area contributed by atoms with Crippen molar-refractivity contribution in [3.63, 3.8) is 0 Å². The molecule has 2 aromatic carbocycles. The fourth-order valence-corrected chi connectivity index (χ4v) is 2.24. The molecule has 0 radical (unpaired) electrons. The summed E-state index contributed by atoms with van der Waals surface area (Å²) in [7, 11) is 0. The van der Waals surface area contributed by atoms with Gasteiger partial charge in [0.05, 0.1) is 17.7 Å². The van der Waals surface area contributed by atoms with E-state index >= 15 is 0 Å². The molecular weight excluding hydrogens is 342 g/mol. The lowest BCUT2D eigenvalue weighted by atomic mass is 10.1. The SMILES string of the molecule is CC(C)CCCOC(=O)c1ccc(C(=O)Oc2cc(F)cc(F)c2)cc1. The monoisotopic (exact) mass is 362 g/mol. The van der Waals surface area contributed by atoms with E-state index < -0.39 is 23.6 Å². The molecule has 26 heavy (non-hydrogen) atoms. The highest BCUT2D eigenvalue weighted by Gasteiger charge is 2.13. The van der Waals surface area contributed by atoms with Gasteiger partial charge in [-0.3, -0.25) is 0 Å². The maximum atomic E-state index is 13.1. The second-order valence-corrected chi connectivity index (χ2v) is 6.24. The van der Waals surface area contributed by atoms with E-state index in [-0.39, 0.29) is 11.3 Å². The van der Waals surface area contributed by atoms with Gasteiger partial charge in [0, 0.05) is 18.2 Å². The van der Waals surface area contributed by atoms with Gasteiger partial charge in [-0.15, -0.1) is 0 Å². The lowest BCUT2D eigenvalue weighted by Crippen LogP contribution is -2.10. The van der Waals surface area contributed by atoms with Gasteiger partial charge < -0.3 is 9.47 Å². The number of rotatable bonds is 7. The third-order valence-corrected chi connectivity index (χ3v) is 3.56. The van der Waals surface area contributed by atoms with Crippen molar-refractivity contribution < 1.29 is 27.8 Å². The van der Waals surface area contributed by atoms with Crippen LogP contribution < -0.4 is 4.74 Å². The number of benzene rings is 2. The molecule has 4 nitrogen and oxygen atoms in total. The summed E-state index contributed by atoms with van der Waals surface area (Å²) in [6, 6.07) is 8.15. The smallest absolute Gasteiger partial charge is 0.343 e. The normalized spacial score (nSPS) is 10.7. The Morgan fingerprint density at radius 3 is 2.00 bits per heavy atom. The highest BCUT2D eigenvalue weighted by Crippen LogP contribution is 2.17. The zero-order chi connectivity index (χ0) is 19.1. The summed E-state index contributed by atoms with van der Waals surface area (Å²) < 4.78 is 36.3. The Kier molecular flexibility index (Phi) is 6.83. The molecule has 0 amide bonds. The number of halogens is 2. The van der Waals surface area contributed by atoms with E-state index in [2.05, 4.69) is 13.8 Å². The number of hydrogen-bond acceptors (Lipinski definition) is 4. The minimum atomic E-state index is -0.844. The summed E-state index contributed by atoms with van der Waals surface area (Å²) in [6.07, 6.45) is 1.76. The van der Waals surface area contributed by atoms with E-state index in [0.29, 0.717) is 24.2 Å². The van der Waals surface area contributed by atoms with Crippen LogP contribution in [0, 0.1) is 17.6 Å². The fraction of sp³-hybridized carbons (Fsp3) is 0.300. The summed E-state index contributed by atoms with van der Waals surface area (Å²) >= 11 is 0. The number of carbonyl (C=O) groups is 2. The van der Waals surface area contributed by atoms with E-state index in [1.54, 1.807) is 0 Å². The quantitative estimate of drug-likeness (QED) is 0.404. The molecule has 0 aliphatic carbocycles. The molecule has 138 valence electrons. The van der Waals surface area contributed by atoms with Crippen molar-refractivity contribution in [2.75, 3.05) is 6.61 Å². The van der Waals surface area contributed by atoms with Gasteiger partial charge in [-0.25, -0.2) is 18.4 Å². The summed E-state index contributed by atoms with van der Waals surface area (Å²) in [6.45, 7) is 4.53. The maximum absolute atomic E-state index is 13.1. The van der Waals surface area contributed by atoms with E-state index in [1.807, 2.05) is 0 Å². The molecule has 2 aromatic rings. The fourth-order valence-electron chi connectivity index (χ4n) is 2.24. The number of carbonyl (C=O) groups excluding carboxylic acids is 2. The molecule has 0 spiro atoms. The van der Waals surface area contributed by atoms with Crippen LogP contribution in [0.3, 0.4) is 0 Å². The molecule has 0 aliphatic heterocycles. The molecule has 0 heterocycles. The number of hydrogen-bond donors (Lipinski definition) is 0. The van der Waals surface area contributed by atoms with Crippen molar-refractivity contribution in [3.8, 4) is 5.75 Å². The lowest BCUT2D eigenvalue weighted by Gasteiger charge is -2.07. The Hall–Kier alpha value is -2.76. The van der Waals surface area contributed by atoms with Gasteiger partial charge in [-0.05, 0) is 43.0 Å². The van der Waals surface area contributed by atoms with Gasteiger partial charge in [0.25, 0.3) is 0 Å². The Balaban J connectivity index is 1.93. The van der Waals surface area contributed by atoms with E-state index in [9.17, 15) is 18.4 Å². The van der Waals surface area contributed by atoms with Crippen molar-refractivity contribution in [3.05, 3.63) is 65.2 Å². The van der Waals surface area contributed by atoms with Crippen molar-refractivity contribution in [1.82, 2.24) is 0 Å². The number of ether oxygens (including phenoxy) is 2. The van der Waals surface area contributed by atoms with Gasteiger partial charge in [0.15, 0.2) is 0 Å². The van der Waals surface area contributed by atoms with Crippen LogP contribution in [0.15, 0.2) is 42.5 Å². The summed E-state index contributed by atoms with van der Waals surface area (Å²) in [5.41, 5.74) is 0.453. The summed E-state index contributed by atoms with van der Waals surface area (Å²) in [4.78, 5) is 23.9. The molecule has 0 atom stereocenters. The average Bonchev–Trinajstić information content (AvgIpc) is 2.57. The second kappa shape index (κ2) is 9.08. The molecule has 0 fully saturated rings. The van der Waals surface area contributed by atoms with Gasteiger partial charge in [0.2, 0.25) is 0 Å². The Bertz CT molecular complexity index is 750. The lowest BCUT2D eigenvalue weighted by molar-refractivity contribution is 0.0494. The van der Waals surface area contributed by atoms with Crippen molar-refractivity contribution in [2.24, 2.45) is 5.92 Å². The molecule has 6 heteroatoms. The van der Waals surface area contributed by atoms with Gasteiger partial charge in [-0.2, -0.15) is 0 Å². The van der Waals surface area contributed by atoms with Crippen LogP contribution in [-0.4, -0.2) is 18.5 Å². The van der Waals surface area contributed by atoms with Crippen LogP contribution in [0.1, 0.15) is 47.4 Å². The number of esters is 2. The van der Waals surface area contributed by atoms with Gasteiger partial charge in [-0.1, -0.05) is 13.8 Å². The highest BCUT2D eigenvalue weighted by atomic mass is 19.1. The molecule has 0 saturated carbocycles. The van der Waals surface area contributed by atoms with Crippen LogP contribution in [0.2, 0.25) is 0 Å². The zero-order valence-electron chi connectivity index (χ0n) is 14.6. The second-order valence-electron chi connectivity index (χ2n) is 6.24. The van der Waals surface area contributed by atoms with E-state index in [1.165, 1.54) is 24.3 Å². The minimum absolute atomic E-state index is 0.144. The zero-order valence-corrected chi connectivity index (χ0v) is 14.6. The molecule has 0 N–H and O–H groups in total. The Morgan fingerprint density at radius 2 is 1.46 bits per heavy atom. The topological polar surface area (TPSA) is 52.6 Å². The van der Waals surface area contributed by atoms with Crippen molar-refractivity contribution >= 4 is 11.9 Å². The first kappa shape index (κ1) is 19.6. The Labute approximate surface area is 150 Å². The first-order valence-corrected chi connectivity index (χ1v) is 8.30. The maximum Gasteiger partial charge on any atom is 0.343 e. The molecule has 0 saturated heterocycles. The van der Waals surface area contributed by atoms with Gasteiger partial charge in [0.1, 0.15) is 17.4 Å². The first-order valence-electron chi connectivity index (χ1n) is 8.30. The molecule has 0 aromatic heterocycles. The molecular formula is C20H20F2O4. The predicted molar refractivity (Wildman–Crippen MR) is 92.1 cm³/mol.